The predicted octanol–water partition coefficient (Wildman–Crippen LogP) is 12.5. The predicted molar refractivity (Wildman–Crippen MR) is 209 cm³/mol. The second kappa shape index (κ2) is 11.3. The van der Waals surface area contributed by atoms with Crippen LogP contribution in [0.3, 0.4) is 0 Å². The van der Waals surface area contributed by atoms with E-state index in [0.29, 0.717) is 0 Å². The minimum atomic E-state index is -0.445. The number of hydrogen-bond acceptors (Lipinski definition) is 0. The van der Waals surface area contributed by atoms with E-state index in [0.717, 1.165) is 5.69 Å². The molecule has 234 valence electrons. The van der Waals surface area contributed by atoms with Crippen molar-refractivity contribution in [3.8, 4) is 39.1 Å². The Labute approximate surface area is 292 Å². The molecule has 0 radical (unpaired) electrons. The molecule has 0 saturated carbocycles. The van der Waals surface area contributed by atoms with Crippen LogP contribution in [0.5, 0.6) is 0 Å². The highest BCUT2D eigenvalue weighted by molar-refractivity contribution is 6.12. The van der Waals surface area contributed by atoms with Crippen molar-refractivity contribution in [2.75, 3.05) is 0 Å². The summed E-state index contributed by atoms with van der Waals surface area (Å²) < 4.78 is 2.48. The van der Waals surface area contributed by atoms with E-state index in [1.165, 1.54) is 77.4 Å². The van der Waals surface area contributed by atoms with Gasteiger partial charge in [-0.05, 0) is 92.0 Å². The Morgan fingerprint density at radius 2 is 0.840 bits per heavy atom. The third-order valence-corrected chi connectivity index (χ3v) is 10.6. The molecule has 1 heteroatoms. The third-order valence-electron chi connectivity index (χ3n) is 10.6. The fourth-order valence-electron chi connectivity index (χ4n) is 8.52. The van der Waals surface area contributed by atoms with Gasteiger partial charge in [0, 0.05) is 16.5 Å². The first-order chi connectivity index (χ1) is 24.8. The van der Waals surface area contributed by atoms with Crippen molar-refractivity contribution in [2.45, 2.75) is 5.41 Å². The summed E-state index contributed by atoms with van der Waals surface area (Å²) in [5.41, 5.74) is 15.7. The van der Waals surface area contributed by atoms with Crippen LogP contribution in [-0.4, -0.2) is 4.57 Å². The van der Waals surface area contributed by atoms with Crippen molar-refractivity contribution in [1.82, 2.24) is 4.57 Å². The van der Waals surface area contributed by atoms with Crippen molar-refractivity contribution in [2.24, 2.45) is 0 Å². The van der Waals surface area contributed by atoms with Crippen molar-refractivity contribution in [3.05, 3.63) is 222 Å². The first kappa shape index (κ1) is 28.6. The van der Waals surface area contributed by atoms with Gasteiger partial charge < -0.3 is 4.57 Å². The van der Waals surface area contributed by atoms with Gasteiger partial charge in [-0.1, -0.05) is 164 Å². The van der Waals surface area contributed by atoms with Crippen LogP contribution < -0.4 is 0 Å². The summed E-state index contributed by atoms with van der Waals surface area (Å²) >= 11 is 0. The fraction of sp³-hybridized carbons (Fsp3) is 0.0204. The topological polar surface area (TPSA) is 4.93 Å². The molecule has 10 rings (SSSR count). The summed E-state index contributed by atoms with van der Waals surface area (Å²) in [7, 11) is 0. The summed E-state index contributed by atoms with van der Waals surface area (Å²) in [4.78, 5) is 0. The second-order valence-electron chi connectivity index (χ2n) is 13.3. The zero-order chi connectivity index (χ0) is 33.1. The molecule has 0 spiro atoms. The maximum atomic E-state index is 2.50. The summed E-state index contributed by atoms with van der Waals surface area (Å²) in [6.45, 7) is 0. The molecule has 8 aromatic carbocycles. The molecule has 0 bridgehead atoms. The van der Waals surface area contributed by atoms with Crippen molar-refractivity contribution < 1.29 is 0 Å². The van der Waals surface area contributed by atoms with Gasteiger partial charge >= 0.3 is 0 Å². The van der Waals surface area contributed by atoms with Crippen LogP contribution in [0.25, 0.3) is 60.9 Å². The van der Waals surface area contributed by atoms with E-state index in [1.54, 1.807) is 0 Å². The zero-order valence-electron chi connectivity index (χ0n) is 27.5. The van der Waals surface area contributed by atoms with Crippen LogP contribution >= 0.6 is 0 Å². The monoisotopic (exact) mass is 635 g/mol. The SMILES string of the molecule is c1ccc(-c2cc(-c3ccccc3)cc(-n3c4ccccc4c4cc5c(cc43)-c3ccccc3C5(c3ccccc3)c3ccccc3)c2)cc1. The Hall–Kier alpha value is -6.44. The maximum absolute atomic E-state index is 2.50. The van der Waals surface area contributed by atoms with Crippen molar-refractivity contribution in [3.63, 3.8) is 0 Å². The van der Waals surface area contributed by atoms with E-state index < -0.39 is 5.41 Å². The van der Waals surface area contributed by atoms with Gasteiger partial charge in [0.25, 0.3) is 0 Å². The molecule has 1 aliphatic carbocycles. The van der Waals surface area contributed by atoms with E-state index in [2.05, 4.69) is 205 Å². The van der Waals surface area contributed by atoms with Crippen LogP contribution in [-0.2, 0) is 5.41 Å². The van der Waals surface area contributed by atoms with Crippen LogP contribution in [0.1, 0.15) is 22.3 Å². The molecule has 1 nitrogen and oxygen atoms in total. The Bertz CT molecular complexity index is 2570. The van der Waals surface area contributed by atoms with Gasteiger partial charge in [-0.3, -0.25) is 0 Å². The lowest BCUT2D eigenvalue weighted by molar-refractivity contribution is 0.769. The Balaban J connectivity index is 1.32. The number of benzene rings is 8. The molecule has 0 atom stereocenters. The molecule has 0 saturated heterocycles. The Kier molecular flexibility index (Phi) is 6.47. The fourth-order valence-corrected chi connectivity index (χ4v) is 8.52. The highest BCUT2D eigenvalue weighted by atomic mass is 15.0. The molecule has 0 unspecified atom stereocenters. The van der Waals surface area contributed by atoms with Gasteiger partial charge in [0.15, 0.2) is 0 Å². The summed E-state index contributed by atoms with van der Waals surface area (Å²) in [6.07, 6.45) is 0. The summed E-state index contributed by atoms with van der Waals surface area (Å²) in [5, 5.41) is 2.51. The zero-order valence-corrected chi connectivity index (χ0v) is 27.5. The van der Waals surface area contributed by atoms with Gasteiger partial charge in [0.05, 0.1) is 16.4 Å². The van der Waals surface area contributed by atoms with E-state index in [4.69, 9.17) is 0 Å². The minimum Gasteiger partial charge on any atom is -0.309 e. The third kappa shape index (κ3) is 4.20. The van der Waals surface area contributed by atoms with Crippen molar-refractivity contribution in [1.29, 1.82) is 0 Å². The quantitative estimate of drug-likeness (QED) is 0.177. The number of nitrogens with zero attached hydrogens (tertiary/aromatic N) is 1. The van der Waals surface area contributed by atoms with E-state index >= 15 is 0 Å². The second-order valence-corrected chi connectivity index (χ2v) is 13.3. The molecule has 1 heterocycles. The molecule has 0 N–H and O–H groups in total. The summed E-state index contributed by atoms with van der Waals surface area (Å²) in [5.74, 6) is 0. The number of fused-ring (bicyclic) bond motifs is 6. The highest BCUT2D eigenvalue weighted by Crippen LogP contribution is 2.57. The van der Waals surface area contributed by atoms with Gasteiger partial charge in [-0.15, -0.1) is 0 Å². The van der Waals surface area contributed by atoms with Crippen molar-refractivity contribution >= 4 is 21.8 Å². The molecular weight excluding hydrogens is 603 g/mol. The van der Waals surface area contributed by atoms with Gasteiger partial charge in [-0.25, -0.2) is 0 Å². The molecule has 9 aromatic rings. The molecular formula is C49H33N. The lowest BCUT2D eigenvalue weighted by Gasteiger charge is -2.34. The molecule has 0 aliphatic heterocycles. The highest BCUT2D eigenvalue weighted by Gasteiger charge is 2.46. The number of para-hydroxylation sites is 1. The first-order valence-corrected chi connectivity index (χ1v) is 17.4. The van der Waals surface area contributed by atoms with Crippen LogP contribution in [0.2, 0.25) is 0 Å². The first-order valence-electron chi connectivity index (χ1n) is 17.4. The van der Waals surface area contributed by atoms with Gasteiger partial charge in [-0.2, -0.15) is 0 Å². The molecule has 1 aliphatic rings. The lowest BCUT2D eigenvalue weighted by Crippen LogP contribution is -2.28. The standard InChI is InChI=1S/C49H33N/c1-5-17-34(18-6-1)36-29-37(35-19-7-2-8-20-35)31-40(30-36)50-47-28-16-14-26-42(47)44-32-46-43(33-48(44)50)41-25-13-15-27-45(41)49(46,38-21-9-3-10-22-38)39-23-11-4-12-24-39/h1-33H. The molecule has 1 aromatic heterocycles. The van der Waals surface area contributed by atoms with Crippen LogP contribution in [0.4, 0.5) is 0 Å². The van der Waals surface area contributed by atoms with Gasteiger partial charge in [0.2, 0.25) is 0 Å². The van der Waals surface area contributed by atoms with Crippen LogP contribution in [0.15, 0.2) is 200 Å². The summed E-state index contributed by atoms with van der Waals surface area (Å²) in [6, 6.07) is 73.5. The largest absolute Gasteiger partial charge is 0.309 e. The van der Waals surface area contributed by atoms with E-state index in [-0.39, 0.29) is 0 Å². The lowest BCUT2D eigenvalue weighted by atomic mass is 9.67. The number of rotatable bonds is 5. The average molecular weight is 636 g/mol. The number of hydrogen-bond donors (Lipinski definition) is 0. The van der Waals surface area contributed by atoms with E-state index in [9.17, 15) is 0 Å². The Morgan fingerprint density at radius 3 is 1.46 bits per heavy atom. The molecule has 50 heavy (non-hydrogen) atoms. The number of aromatic nitrogens is 1. The molecule has 0 fully saturated rings. The van der Waals surface area contributed by atoms with E-state index in [1.807, 2.05) is 0 Å². The van der Waals surface area contributed by atoms with Gasteiger partial charge in [0.1, 0.15) is 0 Å². The maximum Gasteiger partial charge on any atom is 0.0713 e. The minimum absolute atomic E-state index is 0.445. The average Bonchev–Trinajstić information content (AvgIpc) is 3.68. The Morgan fingerprint density at radius 1 is 0.320 bits per heavy atom. The normalized spacial score (nSPS) is 13.0. The van der Waals surface area contributed by atoms with Crippen LogP contribution in [0, 0.1) is 0 Å². The molecule has 0 amide bonds. The smallest absolute Gasteiger partial charge is 0.0713 e.